The number of hydrogen-bond donors (Lipinski definition) is 0. The zero-order valence-electron chi connectivity index (χ0n) is 15.6. The maximum Gasteiger partial charge on any atom is 0.152 e. The van der Waals surface area contributed by atoms with Gasteiger partial charge in [-0.2, -0.15) is 0 Å². The van der Waals surface area contributed by atoms with Gasteiger partial charge in [-0.3, -0.25) is 19.4 Å². The van der Waals surface area contributed by atoms with Gasteiger partial charge in [0.15, 0.2) is 5.78 Å². The number of aryl methyl sites for hydroxylation is 1. The van der Waals surface area contributed by atoms with Gasteiger partial charge in [-0.05, 0) is 24.4 Å². The van der Waals surface area contributed by atoms with Crippen LogP contribution in [0.4, 0.5) is 0 Å². The molecule has 3 aromatic rings. The molecule has 0 bridgehead atoms. The second-order valence-electron chi connectivity index (χ2n) is 7.12. The van der Waals surface area contributed by atoms with Crippen molar-refractivity contribution >= 4 is 16.6 Å². The molecule has 0 unspecified atom stereocenters. The number of pyridine rings is 1. The first kappa shape index (κ1) is 17.8. The van der Waals surface area contributed by atoms with Crippen LogP contribution in [0.15, 0.2) is 36.7 Å². The van der Waals surface area contributed by atoms with Crippen molar-refractivity contribution in [2.24, 2.45) is 7.05 Å². The van der Waals surface area contributed by atoms with Crippen molar-refractivity contribution in [3.05, 3.63) is 42.4 Å². The summed E-state index contributed by atoms with van der Waals surface area (Å²) in [5, 5.41) is 10.2. The Hall–Kier alpha value is -2.64. The highest BCUT2D eigenvalue weighted by atomic mass is 16.5. The second-order valence-corrected chi connectivity index (χ2v) is 7.12. The number of carbonyl (C=O) groups is 1. The number of carbonyl (C=O) groups excluding carboxylic acids is 1. The van der Waals surface area contributed by atoms with Crippen molar-refractivity contribution in [3.63, 3.8) is 0 Å². The molecule has 0 spiro atoms. The summed E-state index contributed by atoms with van der Waals surface area (Å²) in [5.74, 6) is 0.181. The van der Waals surface area contributed by atoms with Crippen LogP contribution in [0.25, 0.3) is 22.0 Å². The number of rotatable bonds is 5. The van der Waals surface area contributed by atoms with Crippen LogP contribution in [0.2, 0.25) is 0 Å². The Kier molecular flexibility index (Phi) is 4.96. The lowest BCUT2D eigenvalue weighted by molar-refractivity contribution is -0.121. The van der Waals surface area contributed by atoms with E-state index >= 15 is 0 Å². The van der Waals surface area contributed by atoms with Gasteiger partial charge in [0, 0.05) is 42.5 Å². The molecule has 1 aliphatic heterocycles. The smallest absolute Gasteiger partial charge is 0.152 e. The Bertz CT molecular complexity index is 968. The maximum atomic E-state index is 12.5. The predicted molar refractivity (Wildman–Crippen MR) is 102 cm³/mol. The summed E-state index contributed by atoms with van der Waals surface area (Å²) < 4.78 is 7.12. The van der Waals surface area contributed by atoms with E-state index in [9.17, 15) is 4.79 Å². The molecule has 7 nitrogen and oxygen atoms in total. The van der Waals surface area contributed by atoms with Crippen LogP contribution < -0.4 is 0 Å². The van der Waals surface area contributed by atoms with Crippen LogP contribution in [-0.2, 0) is 23.0 Å². The lowest BCUT2D eigenvalue weighted by Crippen LogP contribution is -2.46. The molecule has 0 saturated carbocycles. The average Bonchev–Trinajstić information content (AvgIpc) is 3.09. The summed E-state index contributed by atoms with van der Waals surface area (Å²) in [4.78, 5) is 19.2. The average molecular weight is 365 g/mol. The summed E-state index contributed by atoms with van der Waals surface area (Å²) in [7, 11) is 1.85. The SMILES string of the molecule is C[C@H]1COCCN1CC(=O)Cc1cc2cc(-c3cn(C)nn3)ccc2cn1. The van der Waals surface area contributed by atoms with Gasteiger partial charge < -0.3 is 4.74 Å². The number of ketones is 1. The summed E-state index contributed by atoms with van der Waals surface area (Å²) in [6.45, 7) is 4.72. The molecule has 1 aromatic carbocycles. The fourth-order valence-corrected chi connectivity index (χ4v) is 3.40. The minimum atomic E-state index is 0.181. The van der Waals surface area contributed by atoms with Crippen molar-refractivity contribution < 1.29 is 9.53 Å². The minimum Gasteiger partial charge on any atom is -0.379 e. The van der Waals surface area contributed by atoms with E-state index in [1.807, 2.05) is 37.6 Å². The number of aromatic nitrogens is 4. The normalized spacial score (nSPS) is 18.1. The predicted octanol–water partition coefficient (Wildman–Crippen LogP) is 1.86. The molecule has 3 heterocycles. The summed E-state index contributed by atoms with van der Waals surface area (Å²) in [5.41, 5.74) is 2.63. The van der Waals surface area contributed by atoms with Gasteiger partial charge in [0.1, 0.15) is 5.69 Å². The largest absolute Gasteiger partial charge is 0.379 e. The molecule has 0 N–H and O–H groups in total. The Morgan fingerprint density at radius 3 is 2.96 bits per heavy atom. The Balaban J connectivity index is 1.51. The van der Waals surface area contributed by atoms with E-state index in [0.717, 1.165) is 34.3 Å². The Morgan fingerprint density at radius 1 is 1.30 bits per heavy atom. The lowest BCUT2D eigenvalue weighted by Gasteiger charge is -2.32. The number of benzene rings is 1. The zero-order valence-corrected chi connectivity index (χ0v) is 15.6. The molecule has 7 heteroatoms. The van der Waals surface area contributed by atoms with Crippen LogP contribution in [0.1, 0.15) is 12.6 Å². The van der Waals surface area contributed by atoms with Crippen molar-refractivity contribution in [2.45, 2.75) is 19.4 Å². The summed E-state index contributed by atoms with van der Waals surface area (Å²) in [6.07, 6.45) is 4.06. The molecule has 1 atom stereocenters. The molecule has 2 aromatic heterocycles. The fourth-order valence-electron chi connectivity index (χ4n) is 3.40. The van der Waals surface area contributed by atoms with Gasteiger partial charge in [-0.1, -0.05) is 17.3 Å². The molecule has 1 aliphatic rings. The molecular formula is C20H23N5O2. The van der Waals surface area contributed by atoms with Gasteiger partial charge in [0.25, 0.3) is 0 Å². The first-order chi connectivity index (χ1) is 13.1. The lowest BCUT2D eigenvalue weighted by atomic mass is 10.0. The highest BCUT2D eigenvalue weighted by Gasteiger charge is 2.21. The number of Topliss-reactive ketones (excluding diaryl/α,β-unsaturated/α-hetero) is 1. The van der Waals surface area contributed by atoms with Crippen LogP contribution >= 0.6 is 0 Å². The number of hydrogen-bond acceptors (Lipinski definition) is 6. The van der Waals surface area contributed by atoms with E-state index in [0.29, 0.717) is 26.2 Å². The van der Waals surface area contributed by atoms with Crippen molar-refractivity contribution in [1.82, 2.24) is 24.9 Å². The van der Waals surface area contributed by atoms with E-state index < -0.39 is 0 Å². The van der Waals surface area contributed by atoms with Gasteiger partial charge in [0.2, 0.25) is 0 Å². The van der Waals surface area contributed by atoms with Gasteiger partial charge >= 0.3 is 0 Å². The molecule has 0 radical (unpaired) electrons. The van der Waals surface area contributed by atoms with E-state index in [2.05, 4.69) is 33.2 Å². The van der Waals surface area contributed by atoms with E-state index in [1.54, 1.807) is 4.68 Å². The van der Waals surface area contributed by atoms with E-state index in [4.69, 9.17) is 4.74 Å². The zero-order chi connectivity index (χ0) is 18.8. The number of ether oxygens (including phenoxy) is 1. The highest BCUT2D eigenvalue weighted by Crippen LogP contribution is 2.23. The van der Waals surface area contributed by atoms with Crippen LogP contribution in [0, 0.1) is 0 Å². The number of fused-ring (bicyclic) bond motifs is 1. The summed E-state index contributed by atoms with van der Waals surface area (Å²) in [6, 6.07) is 8.38. The van der Waals surface area contributed by atoms with Crippen molar-refractivity contribution in [3.8, 4) is 11.3 Å². The first-order valence-corrected chi connectivity index (χ1v) is 9.17. The molecule has 140 valence electrons. The highest BCUT2D eigenvalue weighted by molar-refractivity contribution is 5.88. The third-order valence-corrected chi connectivity index (χ3v) is 4.94. The molecule has 0 aliphatic carbocycles. The van der Waals surface area contributed by atoms with E-state index in [-0.39, 0.29) is 11.8 Å². The quantitative estimate of drug-likeness (QED) is 0.687. The number of nitrogens with zero attached hydrogens (tertiary/aromatic N) is 5. The standard InChI is InChI=1S/C20H23N5O2/c1-14-13-27-6-5-25(14)11-19(26)9-18-8-17-7-15(3-4-16(17)10-21-18)20-12-24(2)23-22-20/h3-4,7-8,10,12,14H,5-6,9,11,13H2,1-2H3/t14-/m0/s1. The van der Waals surface area contributed by atoms with Gasteiger partial charge in [-0.15, -0.1) is 5.10 Å². The summed E-state index contributed by atoms with van der Waals surface area (Å²) >= 11 is 0. The topological polar surface area (TPSA) is 73.1 Å². The van der Waals surface area contributed by atoms with Crippen LogP contribution in [0.3, 0.4) is 0 Å². The third kappa shape index (κ3) is 4.04. The molecular weight excluding hydrogens is 342 g/mol. The van der Waals surface area contributed by atoms with Crippen molar-refractivity contribution in [2.75, 3.05) is 26.3 Å². The Labute approximate surface area is 157 Å². The van der Waals surface area contributed by atoms with Crippen molar-refractivity contribution in [1.29, 1.82) is 0 Å². The molecule has 27 heavy (non-hydrogen) atoms. The third-order valence-electron chi connectivity index (χ3n) is 4.94. The minimum absolute atomic E-state index is 0.181. The second kappa shape index (κ2) is 7.54. The number of morpholine rings is 1. The fraction of sp³-hybridized carbons (Fsp3) is 0.400. The van der Waals surface area contributed by atoms with Crippen LogP contribution in [0.5, 0.6) is 0 Å². The first-order valence-electron chi connectivity index (χ1n) is 9.17. The molecule has 4 rings (SSSR count). The molecule has 1 fully saturated rings. The molecule has 0 amide bonds. The van der Waals surface area contributed by atoms with Gasteiger partial charge in [-0.25, -0.2) is 0 Å². The van der Waals surface area contributed by atoms with Crippen LogP contribution in [-0.4, -0.2) is 63.0 Å². The Morgan fingerprint density at radius 2 is 2.19 bits per heavy atom. The van der Waals surface area contributed by atoms with Gasteiger partial charge in [0.05, 0.1) is 32.4 Å². The molecule has 1 saturated heterocycles. The van der Waals surface area contributed by atoms with E-state index in [1.165, 1.54) is 0 Å². The monoisotopic (exact) mass is 365 g/mol. The maximum absolute atomic E-state index is 12.5.